The van der Waals surface area contributed by atoms with Crippen LogP contribution in [0, 0.1) is 0 Å². The lowest BCUT2D eigenvalue weighted by Crippen LogP contribution is -2.39. The van der Waals surface area contributed by atoms with Crippen molar-refractivity contribution >= 4 is 33.3 Å². The van der Waals surface area contributed by atoms with Gasteiger partial charge < -0.3 is 10.4 Å². The maximum Gasteiger partial charge on any atom is 0.337 e. The van der Waals surface area contributed by atoms with Crippen LogP contribution in [0.4, 0.5) is 0 Å². The summed E-state index contributed by atoms with van der Waals surface area (Å²) in [4.78, 5) is 22.5. The number of hydrogen-bond donors (Lipinski definition) is 2. The molecule has 1 aliphatic carbocycles. The van der Waals surface area contributed by atoms with Crippen LogP contribution in [0.3, 0.4) is 0 Å². The van der Waals surface area contributed by atoms with Gasteiger partial charge in [0.25, 0.3) is 0 Å². The molecule has 2 N–H and O–H groups in total. The number of benzene rings is 1. The van der Waals surface area contributed by atoms with Crippen LogP contribution < -0.4 is 5.32 Å². The average molecular weight is 332 g/mol. The molecule has 0 bridgehead atoms. The van der Waals surface area contributed by atoms with Crippen molar-refractivity contribution in [1.82, 2.24) is 5.32 Å². The lowest BCUT2D eigenvalue weighted by molar-refractivity contribution is -0.120. The number of carboxylic acids is 1. The van der Waals surface area contributed by atoms with Gasteiger partial charge in [0.05, 0.1) is 15.5 Å². The lowest BCUT2D eigenvalue weighted by atomic mass is 10.2. The molecule has 0 heterocycles. The number of sulfone groups is 1. The number of carbonyl (C=O) groups is 2. The number of rotatable bonds is 5. The molecule has 1 fully saturated rings. The van der Waals surface area contributed by atoms with Crippen molar-refractivity contribution in [3.8, 4) is 0 Å². The van der Waals surface area contributed by atoms with Crippen LogP contribution in [-0.4, -0.2) is 36.7 Å². The Kier molecular flexibility index (Phi) is 4.25. The Balaban J connectivity index is 2.27. The number of amides is 1. The minimum Gasteiger partial charge on any atom is -0.478 e. The van der Waals surface area contributed by atoms with E-state index in [0.29, 0.717) is 0 Å². The Bertz CT molecular complexity index is 697. The Morgan fingerprint density at radius 2 is 2.00 bits per heavy atom. The summed E-state index contributed by atoms with van der Waals surface area (Å²) in [7, 11) is -3.91. The minimum atomic E-state index is -3.91. The number of halogens is 1. The van der Waals surface area contributed by atoms with E-state index in [0.717, 1.165) is 31.0 Å². The quantitative estimate of drug-likeness (QED) is 0.851. The van der Waals surface area contributed by atoms with Crippen LogP contribution in [0.5, 0.6) is 0 Å². The zero-order valence-electron chi connectivity index (χ0n) is 11.2. The first-order valence-corrected chi connectivity index (χ1v) is 8.23. The third-order valence-corrected chi connectivity index (χ3v) is 5.63. The van der Waals surface area contributed by atoms with Gasteiger partial charge in [0.1, 0.15) is 5.25 Å². The highest BCUT2D eigenvalue weighted by Gasteiger charge is 2.33. The van der Waals surface area contributed by atoms with Gasteiger partial charge in [-0.15, -0.1) is 0 Å². The third kappa shape index (κ3) is 3.36. The summed E-state index contributed by atoms with van der Waals surface area (Å²) >= 11 is 5.76. The topological polar surface area (TPSA) is 101 Å². The van der Waals surface area contributed by atoms with E-state index < -0.39 is 27.0 Å². The fourth-order valence-corrected chi connectivity index (χ4v) is 3.36. The second-order valence-electron chi connectivity index (χ2n) is 4.92. The molecule has 1 unspecified atom stereocenters. The predicted molar refractivity (Wildman–Crippen MR) is 76.2 cm³/mol. The van der Waals surface area contributed by atoms with E-state index in [2.05, 4.69) is 5.32 Å². The number of hydrogen-bond acceptors (Lipinski definition) is 4. The molecule has 21 heavy (non-hydrogen) atoms. The van der Waals surface area contributed by atoms with Crippen molar-refractivity contribution in [2.45, 2.75) is 36.0 Å². The molecule has 1 atom stereocenters. The molecule has 8 heteroatoms. The molecule has 2 rings (SSSR count). The van der Waals surface area contributed by atoms with Crippen molar-refractivity contribution in [1.29, 1.82) is 0 Å². The van der Waals surface area contributed by atoms with Crippen LogP contribution in [-0.2, 0) is 14.6 Å². The normalized spacial score (nSPS) is 16.3. The largest absolute Gasteiger partial charge is 0.478 e. The fourth-order valence-electron chi connectivity index (χ4n) is 1.74. The van der Waals surface area contributed by atoms with Crippen LogP contribution in [0.2, 0.25) is 5.02 Å². The van der Waals surface area contributed by atoms with E-state index in [1.165, 1.54) is 6.92 Å². The summed E-state index contributed by atoms with van der Waals surface area (Å²) in [5.74, 6) is -1.81. The highest BCUT2D eigenvalue weighted by molar-refractivity contribution is 7.92. The van der Waals surface area contributed by atoms with E-state index in [1.54, 1.807) is 0 Å². The molecule has 0 radical (unpaired) electrons. The molecule has 0 spiro atoms. The second-order valence-corrected chi connectivity index (χ2v) is 7.59. The zero-order valence-corrected chi connectivity index (χ0v) is 12.7. The van der Waals surface area contributed by atoms with Gasteiger partial charge >= 0.3 is 5.97 Å². The zero-order chi connectivity index (χ0) is 15.8. The van der Waals surface area contributed by atoms with Gasteiger partial charge in [-0.05, 0) is 38.0 Å². The minimum absolute atomic E-state index is 0.0631. The summed E-state index contributed by atoms with van der Waals surface area (Å²) in [5, 5.41) is 10.1. The summed E-state index contributed by atoms with van der Waals surface area (Å²) in [6.07, 6.45) is 1.72. The van der Waals surface area contributed by atoms with Crippen molar-refractivity contribution < 1.29 is 23.1 Å². The Morgan fingerprint density at radius 3 is 2.48 bits per heavy atom. The summed E-state index contributed by atoms with van der Waals surface area (Å²) in [6.45, 7) is 1.30. The molecular weight excluding hydrogens is 318 g/mol. The van der Waals surface area contributed by atoms with E-state index in [-0.39, 0.29) is 21.5 Å². The van der Waals surface area contributed by atoms with Crippen molar-refractivity contribution in [3.05, 3.63) is 28.8 Å². The van der Waals surface area contributed by atoms with Crippen molar-refractivity contribution in [2.24, 2.45) is 0 Å². The number of nitrogens with one attached hydrogen (secondary N) is 1. The third-order valence-electron chi connectivity index (χ3n) is 3.26. The van der Waals surface area contributed by atoms with Crippen LogP contribution in [0.15, 0.2) is 23.1 Å². The maximum atomic E-state index is 12.3. The molecule has 1 aromatic carbocycles. The van der Waals surface area contributed by atoms with Gasteiger partial charge in [0, 0.05) is 6.04 Å². The van der Waals surface area contributed by atoms with Crippen molar-refractivity contribution in [3.63, 3.8) is 0 Å². The molecule has 1 amide bonds. The van der Waals surface area contributed by atoms with Gasteiger partial charge in [-0.1, -0.05) is 11.6 Å². The van der Waals surface area contributed by atoms with Crippen molar-refractivity contribution in [2.75, 3.05) is 0 Å². The van der Waals surface area contributed by atoms with Gasteiger partial charge in [-0.25, -0.2) is 13.2 Å². The van der Waals surface area contributed by atoms with Crippen LogP contribution in [0.25, 0.3) is 0 Å². The first kappa shape index (κ1) is 15.8. The van der Waals surface area contributed by atoms with Gasteiger partial charge in [0.15, 0.2) is 9.84 Å². The predicted octanol–water partition coefficient (Wildman–Crippen LogP) is 1.48. The molecule has 1 aliphatic rings. The highest BCUT2D eigenvalue weighted by Crippen LogP contribution is 2.25. The first-order valence-electron chi connectivity index (χ1n) is 6.30. The first-order chi connectivity index (χ1) is 9.73. The number of carboxylic acid groups (broad SMARTS) is 1. The molecule has 0 saturated heterocycles. The lowest BCUT2D eigenvalue weighted by Gasteiger charge is -2.13. The summed E-state index contributed by atoms with van der Waals surface area (Å²) in [6, 6.07) is 3.38. The monoisotopic (exact) mass is 331 g/mol. The van der Waals surface area contributed by atoms with Gasteiger partial charge in [-0.3, -0.25) is 4.79 Å². The standard InChI is InChI=1S/C13H14ClNO5S/c1-7(12(16)15-8-2-3-8)21(19,20)9-4-5-10(13(17)18)11(14)6-9/h4-8H,2-3H2,1H3,(H,15,16)(H,17,18). The van der Waals surface area contributed by atoms with Gasteiger partial charge in [-0.2, -0.15) is 0 Å². The molecular formula is C13H14ClNO5S. The SMILES string of the molecule is CC(C(=O)NC1CC1)S(=O)(=O)c1ccc(C(=O)O)c(Cl)c1. The van der Waals surface area contributed by atoms with Crippen LogP contribution >= 0.6 is 11.6 Å². The molecule has 1 saturated carbocycles. The van der Waals surface area contributed by atoms with Gasteiger partial charge in [0.2, 0.25) is 5.91 Å². The Hall–Kier alpha value is -1.60. The molecule has 0 aromatic heterocycles. The maximum absolute atomic E-state index is 12.3. The van der Waals surface area contributed by atoms with E-state index in [4.69, 9.17) is 16.7 Å². The Morgan fingerprint density at radius 1 is 1.38 bits per heavy atom. The molecule has 114 valence electrons. The second kappa shape index (κ2) is 5.65. The molecule has 1 aromatic rings. The average Bonchev–Trinajstić information content (AvgIpc) is 3.20. The smallest absolute Gasteiger partial charge is 0.337 e. The number of aromatic carboxylic acids is 1. The summed E-state index contributed by atoms with van der Waals surface area (Å²) in [5.41, 5.74) is -0.189. The van der Waals surface area contributed by atoms with E-state index in [9.17, 15) is 18.0 Å². The van der Waals surface area contributed by atoms with E-state index >= 15 is 0 Å². The summed E-state index contributed by atoms with van der Waals surface area (Å²) < 4.78 is 24.7. The highest BCUT2D eigenvalue weighted by atomic mass is 35.5. The number of carbonyl (C=O) groups excluding carboxylic acids is 1. The van der Waals surface area contributed by atoms with E-state index in [1.807, 2.05) is 0 Å². The molecule has 6 nitrogen and oxygen atoms in total. The fraction of sp³-hybridized carbons (Fsp3) is 0.385. The van der Waals surface area contributed by atoms with Crippen LogP contribution in [0.1, 0.15) is 30.1 Å². The molecule has 0 aliphatic heterocycles. The Labute approximate surface area is 127 Å².